The smallest absolute Gasteiger partial charge is 0.256 e. The highest BCUT2D eigenvalue weighted by molar-refractivity contribution is 7.90. The molecule has 1 atom stereocenters. The minimum Gasteiger partial charge on any atom is -0.610 e. The fraction of sp³-hybridized carbons (Fsp3) is 0.316. The predicted molar refractivity (Wildman–Crippen MR) is 107 cm³/mol. The van der Waals surface area contributed by atoms with Crippen LogP contribution in [0.15, 0.2) is 27.7 Å². The number of carbonyl (C=O) groups excluding carboxylic acids is 1. The number of carbonyl (C=O) groups is 1. The molecule has 0 spiro atoms. The summed E-state index contributed by atoms with van der Waals surface area (Å²) in [6.45, 7) is 7.12. The zero-order valence-corrected chi connectivity index (χ0v) is 17.6. The minimum absolute atomic E-state index is 0.0891. The maximum absolute atomic E-state index is 13.1. The molecular formula is C19H18Cl2N2O3S. The number of aromatic nitrogens is 2. The summed E-state index contributed by atoms with van der Waals surface area (Å²) in [5.41, 5.74) is 1.93. The van der Waals surface area contributed by atoms with E-state index in [0.717, 1.165) is 0 Å². The van der Waals surface area contributed by atoms with Gasteiger partial charge in [-0.1, -0.05) is 42.2 Å². The first-order valence-electron chi connectivity index (χ1n) is 8.33. The molecule has 2 aromatic heterocycles. The molecular weight excluding hydrogens is 407 g/mol. The lowest BCUT2D eigenvalue weighted by Gasteiger charge is -2.17. The van der Waals surface area contributed by atoms with Gasteiger partial charge in [0, 0.05) is 28.5 Å². The number of aryl methyl sites for hydroxylation is 2. The zero-order chi connectivity index (χ0) is 19.9. The summed E-state index contributed by atoms with van der Waals surface area (Å²) >= 11 is 11.0. The van der Waals surface area contributed by atoms with Gasteiger partial charge in [-0.2, -0.15) is 4.98 Å². The van der Waals surface area contributed by atoms with Crippen LogP contribution in [0, 0.1) is 19.8 Å². The van der Waals surface area contributed by atoms with Gasteiger partial charge >= 0.3 is 0 Å². The van der Waals surface area contributed by atoms with E-state index in [-0.39, 0.29) is 22.5 Å². The number of fused-ring (bicyclic) bond motifs is 1. The summed E-state index contributed by atoms with van der Waals surface area (Å²) in [5.74, 6) is 0.285. The third-order valence-corrected chi connectivity index (χ3v) is 6.10. The van der Waals surface area contributed by atoms with Crippen LogP contribution >= 0.6 is 23.2 Å². The van der Waals surface area contributed by atoms with Crippen LogP contribution in [-0.2, 0) is 16.9 Å². The molecule has 1 unspecified atom stereocenters. The Morgan fingerprint density at radius 1 is 1.26 bits per heavy atom. The van der Waals surface area contributed by atoms with E-state index in [1.54, 1.807) is 45.9 Å². The van der Waals surface area contributed by atoms with Gasteiger partial charge in [0.05, 0.1) is 21.1 Å². The molecule has 0 aliphatic heterocycles. The van der Waals surface area contributed by atoms with Crippen molar-refractivity contribution in [1.82, 2.24) is 10.1 Å². The molecule has 0 saturated heterocycles. The quantitative estimate of drug-likeness (QED) is 0.410. The van der Waals surface area contributed by atoms with Crippen LogP contribution in [0.4, 0.5) is 0 Å². The maximum Gasteiger partial charge on any atom is 0.256 e. The fourth-order valence-electron chi connectivity index (χ4n) is 2.88. The van der Waals surface area contributed by atoms with Crippen LogP contribution in [0.25, 0.3) is 10.9 Å². The highest BCUT2D eigenvalue weighted by Crippen LogP contribution is 2.36. The minimum atomic E-state index is -1.61. The van der Waals surface area contributed by atoms with E-state index in [9.17, 15) is 9.35 Å². The fourth-order valence-corrected chi connectivity index (χ4v) is 4.59. The van der Waals surface area contributed by atoms with E-state index in [2.05, 4.69) is 10.1 Å². The molecule has 2 heterocycles. The summed E-state index contributed by atoms with van der Waals surface area (Å²) in [7, 11) is 0. The average Bonchev–Trinajstić information content (AvgIpc) is 3.01. The molecule has 27 heavy (non-hydrogen) atoms. The van der Waals surface area contributed by atoms with Crippen LogP contribution in [-0.4, -0.2) is 20.5 Å². The van der Waals surface area contributed by atoms with Crippen LogP contribution < -0.4 is 0 Å². The molecule has 1 aromatic carbocycles. The first kappa shape index (κ1) is 20.1. The Hall–Kier alpha value is -1.60. The first-order valence-corrected chi connectivity index (χ1v) is 10.4. The molecule has 3 rings (SSSR count). The van der Waals surface area contributed by atoms with Crippen molar-refractivity contribution in [3.63, 3.8) is 0 Å². The lowest BCUT2D eigenvalue weighted by molar-refractivity contribution is 0.0935. The summed E-state index contributed by atoms with van der Waals surface area (Å²) in [6.07, 6.45) is 0. The van der Waals surface area contributed by atoms with Gasteiger partial charge in [-0.3, -0.25) is 4.79 Å². The molecule has 0 fully saturated rings. The van der Waals surface area contributed by atoms with E-state index in [4.69, 9.17) is 27.7 Å². The second-order valence-electron chi connectivity index (χ2n) is 6.61. The second-order valence-corrected chi connectivity index (χ2v) is 8.79. The van der Waals surface area contributed by atoms with Crippen molar-refractivity contribution in [2.75, 3.05) is 0 Å². The van der Waals surface area contributed by atoms with Crippen molar-refractivity contribution in [3.05, 3.63) is 50.8 Å². The number of pyridine rings is 1. The standard InChI is InChI=1S/C19H18Cl2N2O3S/c1-9(2)18(24)16-11(4)15-13(20)5-6-14(21)17(15)22-19(16)27(25)8-12-7-10(3)26-23-12/h5-7,9H,8H2,1-4H3. The number of hydrogen-bond donors (Lipinski definition) is 0. The molecule has 0 aliphatic carbocycles. The number of rotatable bonds is 5. The lowest BCUT2D eigenvalue weighted by atomic mass is 9.96. The van der Waals surface area contributed by atoms with E-state index < -0.39 is 11.2 Å². The summed E-state index contributed by atoms with van der Waals surface area (Å²) in [5, 5.41) is 5.51. The second kappa shape index (κ2) is 7.80. The van der Waals surface area contributed by atoms with E-state index in [0.29, 0.717) is 43.5 Å². The highest BCUT2D eigenvalue weighted by atomic mass is 35.5. The summed E-state index contributed by atoms with van der Waals surface area (Å²) in [6, 6.07) is 5.01. The van der Waals surface area contributed by atoms with Gasteiger partial charge in [0.2, 0.25) is 0 Å². The van der Waals surface area contributed by atoms with E-state index in [1.807, 2.05) is 0 Å². The maximum atomic E-state index is 13.1. The summed E-state index contributed by atoms with van der Waals surface area (Å²) < 4.78 is 18.1. The Kier molecular flexibility index (Phi) is 5.82. The molecule has 0 radical (unpaired) electrons. The number of benzene rings is 1. The molecule has 5 nitrogen and oxygen atoms in total. The topological polar surface area (TPSA) is 79.0 Å². The van der Waals surface area contributed by atoms with Crippen molar-refractivity contribution < 1.29 is 13.9 Å². The normalized spacial score (nSPS) is 12.7. The Morgan fingerprint density at radius 2 is 1.93 bits per heavy atom. The van der Waals surface area contributed by atoms with Crippen LogP contribution in [0.3, 0.4) is 0 Å². The Labute approximate surface area is 170 Å². The largest absolute Gasteiger partial charge is 0.610 e. The van der Waals surface area contributed by atoms with Crippen LogP contribution in [0.1, 0.15) is 41.2 Å². The van der Waals surface area contributed by atoms with Crippen molar-refractivity contribution in [2.24, 2.45) is 5.92 Å². The summed E-state index contributed by atoms with van der Waals surface area (Å²) in [4.78, 5) is 17.4. The van der Waals surface area contributed by atoms with E-state index >= 15 is 0 Å². The molecule has 8 heteroatoms. The molecule has 3 aromatic rings. The van der Waals surface area contributed by atoms with Gasteiger partial charge in [-0.05, 0) is 31.5 Å². The number of Topliss-reactive ketones (excluding diaryl/α,β-unsaturated/α-hetero) is 1. The van der Waals surface area contributed by atoms with Crippen LogP contribution in [0.2, 0.25) is 10.0 Å². The lowest BCUT2D eigenvalue weighted by Crippen LogP contribution is -2.19. The third kappa shape index (κ3) is 3.85. The zero-order valence-electron chi connectivity index (χ0n) is 15.3. The average molecular weight is 425 g/mol. The van der Waals surface area contributed by atoms with E-state index in [1.165, 1.54) is 0 Å². The molecule has 0 amide bonds. The van der Waals surface area contributed by atoms with Gasteiger partial charge in [0.1, 0.15) is 11.5 Å². The molecule has 0 N–H and O–H groups in total. The number of hydrogen-bond acceptors (Lipinski definition) is 5. The molecule has 0 bridgehead atoms. The molecule has 0 aliphatic rings. The van der Waals surface area contributed by atoms with Crippen molar-refractivity contribution in [2.45, 2.75) is 38.5 Å². The van der Waals surface area contributed by atoms with Crippen molar-refractivity contribution in [3.8, 4) is 0 Å². The predicted octanol–water partition coefficient (Wildman–Crippen LogP) is 5.29. The van der Waals surface area contributed by atoms with Crippen LogP contribution in [0.5, 0.6) is 0 Å². The Balaban J connectivity index is 2.24. The number of halogens is 2. The molecule has 0 saturated carbocycles. The van der Waals surface area contributed by atoms with Crippen molar-refractivity contribution in [1.29, 1.82) is 0 Å². The van der Waals surface area contributed by atoms with Gasteiger partial charge < -0.3 is 9.08 Å². The Morgan fingerprint density at radius 3 is 2.52 bits per heavy atom. The number of nitrogens with zero attached hydrogens (tertiary/aromatic N) is 2. The monoisotopic (exact) mass is 424 g/mol. The SMILES string of the molecule is Cc1cc(C[S+]([O-])c2nc3c(Cl)ccc(Cl)c3c(C)c2C(=O)C(C)C)no1. The number of ketones is 1. The van der Waals surface area contributed by atoms with Gasteiger partial charge in [0.25, 0.3) is 5.03 Å². The molecule has 142 valence electrons. The Bertz CT molecular complexity index is 1030. The first-order chi connectivity index (χ1) is 12.7. The van der Waals surface area contributed by atoms with Crippen molar-refractivity contribution >= 4 is 51.1 Å². The third-order valence-electron chi connectivity index (χ3n) is 4.20. The highest BCUT2D eigenvalue weighted by Gasteiger charge is 2.30. The van der Waals surface area contributed by atoms with Gasteiger partial charge in [-0.25, -0.2) is 0 Å². The van der Waals surface area contributed by atoms with Gasteiger partial charge in [-0.15, -0.1) is 0 Å². The van der Waals surface area contributed by atoms with Gasteiger partial charge in [0.15, 0.2) is 11.5 Å².